The van der Waals surface area contributed by atoms with Crippen molar-refractivity contribution >= 4 is 11.6 Å². The molecule has 1 aromatic carbocycles. The lowest BCUT2D eigenvalue weighted by Gasteiger charge is -2.14. The molecule has 4 nitrogen and oxygen atoms in total. The number of pyridine rings is 1. The van der Waals surface area contributed by atoms with Crippen LogP contribution < -0.4 is 9.47 Å². The molecule has 106 valence electrons. The number of aliphatic hydroxyl groups excluding tert-OH is 1. The molecule has 0 aliphatic rings. The van der Waals surface area contributed by atoms with Gasteiger partial charge < -0.3 is 14.6 Å². The topological polar surface area (TPSA) is 51.6 Å². The molecule has 0 spiro atoms. The number of ether oxygens (including phenoxy) is 2. The van der Waals surface area contributed by atoms with Gasteiger partial charge in [-0.1, -0.05) is 17.7 Å². The van der Waals surface area contributed by atoms with Crippen LogP contribution >= 0.6 is 11.6 Å². The van der Waals surface area contributed by atoms with Gasteiger partial charge in [0.25, 0.3) is 0 Å². The van der Waals surface area contributed by atoms with Gasteiger partial charge in [-0.05, 0) is 35.4 Å². The maximum absolute atomic E-state index is 10.3. The van der Waals surface area contributed by atoms with Gasteiger partial charge >= 0.3 is 0 Å². The Bertz CT molecular complexity index is 589. The highest BCUT2D eigenvalue weighted by molar-refractivity contribution is 6.29. The predicted octanol–water partition coefficient (Wildman–Crippen LogP) is 3.03. The van der Waals surface area contributed by atoms with E-state index in [0.29, 0.717) is 23.1 Å². The molecule has 0 saturated heterocycles. The fourth-order valence-corrected chi connectivity index (χ4v) is 2.17. The highest BCUT2D eigenvalue weighted by atomic mass is 35.5. The van der Waals surface area contributed by atoms with Crippen LogP contribution in [-0.4, -0.2) is 24.3 Å². The lowest BCUT2D eigenvalue weighted by molar-refractivity contribution is 0.178. The van der Waals surface area contributed by atoms with Crippen LogP contribution in [0.25, 0.3) is 0 Å². The Balaban J connectivity index is 2.18. The highest BCUT2D eigenvalue weighted by Gasteiger charge is 2.12. The number of halogens is 1. The van der Waals surface area contributed by atoms with Gasteiger partial charge in [0, 0.05) is 12.6 Å². The first kappa shape index (κ1) is 14.6. The summed E-state index contributed by atoms with van der Waals surface area (Å²) in [6.45, 7) is 0. The molecular weight excluding hydrogens is 278 g/mol. The number of aromatic nitrogens is 1. The second-order valence-electron chi connectivity index (χ2n) is 4.32. The lowest BCUT2D eigenvalue weighted by atomic mass is 10.0. The van der Waals surface area contributed by atoms with E-state index in [9.17, 15) is 5.11 Å². The second-order valence-corrected chi connectivity index (χ2v) is 4.71. The molecule has 0 aliphatic carbocycles. The smallest absolute Gasteiger partial charge is 0.161 e. The van der Waals surface area contributed by atoms with Crippen LogP contribution in [-0.2, 0) is 6.42 Å². The molecule has 2 rings (SSSR count). The SMILES string of the molecule is COc1ccc(C(O)Cc2ccnc(Cl)c2)cc1OC. The minimum Gasteiger partial charge on any atom is -0.493 e. The number of benzene rings is 1. The normalized spacial score (nSPS) is 12.0. The van der Waals surface area contributed by atoms with Gasteiger partial charge in [-0.25, -0.2) is 4.98 Å². The summed E-state index contributed by atoms with van der Waals surface area (Å²) in [5, 5.41) is 10.7. The predicted molar refractivity (Wildman–Crippen MR) is 77.5 cm³/mol. The van der Waals surface area contributed by atoms with Crippen molar-refractivity contribution in [3.63, 3.8) is 0 Å². The quantitative estimate of drug-likeness (QED) is 0.861. The third kappa shape index (κ3) is 3.40. The minimum atomic E-state index is -0.645. The second kappa shape index (κ2) is 6.59. The van der Waals surface area contributed by atoms with Gasteiger partial charge in [0.1, 0.15) is 5.15 Å². The van der Waals surface area contributed by atoms with Gasteiger partial charge in [0.2, 0.25) is 0 Å². The largest absolute Gasteiger partial charge is 0.493 e. The van der Waals surface area contributed by atoms with Crippen LogP contribution in [0.3, 0.4) is 0 Å². The molecule has 1 atom stereocenters. The summed E-state index contributed by atoms with van der Waals surface area (Å²) >= 11 is 5.83. The third-order valence-corrected chi connectivity index (χ3v) is 3.22. The van der Waals surface area contributed by atoms with Crippen LogP contribution in [0.5, 0.6) is 11.5 Å². The van der Waals surface area contributed by atoms with Crippen LogP contribution in [0.1, 0.15) is 17.2 Å². The standard InChI is InChI=1S/C15H16ClNO3/c1-19-13-4-3-11(9-14(13)20-2)12(18)7-10-5-6-17-15(16)8-10/h3-6,8-9,12,18H,7H2,1-2H3. The zero-order valence-electron chi connectivity index (χ0n) is 11.3. The average molecular weight is 294 g/mol. The molecule has 5 heteroatoms. The lowest BCUT2D eigenvalue weighted by Crippen LogP contribution is -2.03. The van der Waals surface area contributed by atoms with E-state index < -0.39 is 6.10 Å². The van der Waals surface area contributed by atoms with Gasteiger partial charge in [-0.3, -0.25) is 0 Å². The van der Waals surface area contributed by atoms with E-state index in [1.54, 1.807) is 38.6 Å². The van der Waals surface area contributed by atoms with E-state index in [-0.39, 0.29) is 0 Å². The number of nitrogens with zero attached hydrogens (tertiary/aromatic N) is 1. The highest BCUT2D eigenvalue weighted by Crippen LogP contribution is 2.31. The third-order valence-electron chi connectivity index (χ3n) is 3.01. The van der Waals surface area contributed by atoms with E-state index in [1.165, 1.54) is 0 Å². The summed E-state index contributed by atoms with van der Waals surface area (Å²) in [5.41, 5.74) is 1.68. The number of hydrogen-bond acceptors (Lipinski definition) is 4. The minimum absolute atomic E-state index is 0.419. The van der Waals surface area contributed by atoms with Gasteiger partial charge in [0.05, 0.1) is 20.3 Å². The number of hydrogen-bond donors (Lipinski definition) is 1. The molecule has 1 N–H and O–H groups in total. The van der Waals surface area contributed by atoms with Crippen LogP contribution in [0.2, 0.25) is 5.15 Å². The zero-order chi connectivity index (χ0) is 14.5. The fourth-order valence-electron chi connectivity index (χ4n) is 1.97. The first-order chi connectivity index (χ1) is 9.63. The first-order valence-corrected chi connectivity index (χ1v) is 6.52. The first-order valence-electron chi connectivity index (χ1n) is 6.14. The van der Waals surface area contributed by atoms with Crippen molar-refractivity contribution in [1.82, 2.24) is 4.98 Å². The van der Waals surface area contributed by atoms with Crippen molar-refractivity contribution in [2.24, 2.45) is 0 Å². The van der Waals surface area contributed by atoms with Crippen molar-refractivity contribution in [2.45, 2.75) is 12.5 Å². The maximum atomic E-state index is 10.3. The number of rotatable bonds is 5. The number of aliphatic hydroxyl groups is 1. The molecule has 2 aromatic rings. The Kier molecular flexibility index (Phi) is 4.82. The van der Waals surface area contributed by atoms with Crippen molar-refractivity contribution in [3.8, 4) is 11.5 Å². The zero-order valence-corrected chi connectivity index (χ0v) is 12.1. The molecule has 1 heterocycles. The molecule has 0 fully saturated rings. The van der Waals surface area contributed by atoms with E-state index in [4.69, 9.17) is 21.1 Å². The molecule has 0 saturated carbocycles. The van der Waals surface area contributed by atoms with Crippen molar-refractivity contribution in [2.75, 3.05) is 14.2 Å². The molecule has 20 heavy (non-hydrogen) atoms. The van der Waals surface area contributed by atoms with Crippen LogP contribution in [0.4, 0.5) is 0 Å². The van der Waals surface area contributed by atoms with Gasteiger partial charge in [-0.2, -0.15) is 0 Å². The van der Waals surface area contributed by atoms with Crippen molar-refractivity contribution in [1.29, 1.82) is 0 Å². The van der Waals surface area contributed by atoms with Crippen molar-refractivity contribution in [3.05, 3.63) is 52.8 Å². The summed E-state index contributed by atoms with van der Waals surface area (Å²) in [5.74, 6) is 1.23. The number of methoxy groups -OCH3 is 2. The van der Waals surface area contributed by atoms with Crippen LogP contribution in [0, 0.1) is 0 Å². The van der Waals surface area contributed by atoms with E-state index in [1.807, 2.05) is 12.1 Å². The Morgan fingerprint density at radius 2 is 1.90 bits per heavy atom. The summed E-state index contributed by atoms with van der Waals surface area (Å²) in [6.07, 6.45) is 1.43. The maximum Gasteiger partial charge on any atom is 0.161 e. The molecule has 0 radical (unpaired) electrons. The van der Waals surface area contributed by atoms with Gasteiger partial charge in [-0.15, -0.1) is 0 Å². The van der Waals surface area contributed by atoms with Crippen LogP contribution in [0.15, 0.2) is 36.5 Å². The molecule has 1 aromatic heterocycles. The Labute approximate surface area is 122 Å². The summed E-state index contributed by atoms with van der Waals surface area (Å²) < 4.78 is 10.4. The molecule has 1 unspecified atom stereocenters. The van der Waals surface area contributed by atoms with Gasteiger partial charge in [0.15, 0.2) is 11.5 Å². The average Bonchev–Trinajstić information content (AvgIpc) is 2.46. The Morgan fingerprint density at radius 3 is 2.55 bits per heavy atom. The Morgan fingerprint density at radius 1 is 1.15 bits per heavy atom. The summed E-state index contributed by atoms with van der Waals surface area (Å²) in [7, 11) is 3.14. The summed E-state index contributed by atoms with van der Waals surface area (Å²) in [6, 6.07) is 8.93. The Hall–Kier alpha value is -1.78. The molecule has 0 amide bonds. The molecular formula is C15H16ClNO3. The van der Waals surface area contributed by atoms with E-state index in [2.05, 4.69) is 4.98 Å². The summed E-state index contributed by atoms with van der Waals surface area (Å²) in [4.78, 5) is 3.92. The molecule has 0 aliphatic heterocycles. The molecule has 0 bridgehead atoms. The fraction of sp³-hybridized carbons (Fsp3) is 0.267. The van der Waals surface area contributed by atoms with E-state index in [0.717, 1.165) is 11.1 Å². The van der Waals surface area contributed by atoms with Crippen molar-refractivity contribution < 1.29 is 14.6 Å². The monoisotopic (exact) mass is 293 g/mol. The van der Waals surface area contributed by atoms with E-state index >= 15 is 0 Å².